The molecule has 0 bridgehead atoms. The highest BCUT2D eigenvalue weighted by Gasteiger charge is 2.47. The molecule has 2 heterocycles. The molecule has 130 valence electrons. The molecule has 0 spiro atoms. The van der Waals surface area contributed by atoms with Gasteiger partial charge in [0.2, 0.25) is 6.29 Å². The molecule has 2 aromatic rings. The average molecular weight is 418 g/mol. The predicted octanol–water partition coefficient (Wildman–Crippen LogP) is 1.17. The third-order valence-corrected chi connectivity index (χ3v) is 4.88. The Morgan fingerprint density at radius 2 is 1.92 bits per heavy atom. The van der Waals surface area contributed by atoms with Crippen LogP contribution in [0.15, 0.2) is 40.3 Å². The second kappa shape index (κ2) is 7.77. The van der Waals surface area contributed by atoms with E-state index in [2.05, 4.69) is 20.9 Å². The Morgan fingerprint density at radius 1 is 1.17 bits per heavy atom. The van der Waals surface area contributed by atoms with Gasteiger partial charge in [0, 0.05) is 0 Å². The molecular weight excluding hydrogens is 402 g/mol. The van der Waals surface area contributed by atoms with Crippen LogP contribution in [0.2, 0.25) is 0 Å². The molecule has 1 fully saturated rings. The first-order valence-electron chi connectivity index (χ1n) is 7.20. The summed E-state index contributed by atoms with van der Waals surface area (Å²) in [7, 11) is 0. The molecule has 0 amide bonds. The summed E-state index contributed by atoms with van der Waals surface area (Å²) in [4.78, 5) is 4.01. The Bertz CT molecular complexity index is 654. The topological polar surface area (TPSA) is 101 Å². The lowest BCUT2D eigenvalue weighted by Gasteiger charge is -2.41. The van der Waals surface area contributed by atoms with Gasteiger partial charge < -0.3 is 29.5 Å². The van der Waals surface area contributed by atoms with Gasteiger partial charge in [-0.25, -0.2) is 4.98 Å². The van der Waals surface area contributed by atoms with Gasteiger partial charge in [-0.1, -0.05) is 29.5 Å². The van der Waals surface area contributed by atoms with Crippen molar-refractivity contribution in [2.24, 2.45) is 0 Å². The standard InChI is InChI=1S/C15H16BrNO6S/c16-10-6-17-15(24-10)23-13-9(7-18)22-14(12(20)11(13)19)21-8-4-2-1-3-5-8/h1-6,9,11-14,18-20H,7H2/t9-,11-,12-,13-,14-/m1/s1. The third-order valence-electron chi connectivity index (χ3n) is 3.51. The summed E-state index contributed by atoms with van der Waals surface area (Å²) in [5.41, 5.74) is 0. The van der Waals surface area contributed by atoms with Gasteiger partial charge in [0.15, 0.2) is 6.10 Å². The highest BCUT2D eigenvalue weighted by atomic mass is 79.9. The number of halogens is 1. The van der Waals surface area contributed by atoms with Crippen LogP contribution in [-0.2, 0) is 4.74 Å². The van der Waals surface area contributed by atoms with E-state index in [0.29, 0.717) is 10.9 Å². The highest BCUT2D eigenvalue weighted by molar-refractivity contribution is 9.11. The maximum atomic E-state index is 10.4. The third kappa shape index (κ3) is 3.88. The van der Waals surface area contributed by atoms with Gasteiger partial charge in [-0.05, 0) is 28.1 Å². The Hall–Kier alpha value is -1.23. The number of ether oxygens (including phenoxy) is 3. The molecule has 1 saturated heterocycles. The molecule has 5 atom stereocenters. The largest absolute Gasteiger partial charge is 0.462 e. The molecule has 1 aliphatic rings. The second-order valence-corrected chi connectivity index (χ2v) is 7.52. The number of aliphatic hydroxyl groups excluding tert-OH is 3. The van der Waals surface area contributed by atoms with Crippen molar-refractivity contribution in [3.8, 4) is 10.9 Å². The van der Waals surface area contributed by atoms with Crippen LogP contribution in [0.1, 0.15) is 0 Å². The predicted molar refractivity (Wildman–Crippen MR) is 89.1 cm³/mol. The summed E-state index contributed by atoms with van der Waals surface area (Å²) in [5, 5.41) is 30.5. The van der Waals surface area contributed by atoms with E-state index < -0.39 is 37.3 Å². The molecule has 3 rings (SSSR count). The van der Waals surface area contributed by atoms with Crippen LogP contribution in [0.5, 0.6) is 10.9 Å². The Labute approximate surface area is 150 Å². The fourth-order valence-electron chi connectivity index (χ4n) is 2.34. The van der Waals surface area contributed by atoms with Gasteiger partial charge in [-0.15, -0.1) is 0 Å². The Kier molecular flexibility index (Phi) is 5.69. The van der Waals surface area contributed by atoms with Crippen LogP contribution < -0.4 is 9.47 Å². The molecule has 3 N–H and O–H groups in total. The van der Waals surface area contributed by atoms with Crippen molar-refractivity contribution in [3.05, 3.63) is 40.3 Å². The van der Waals surface area contributed by atoms with Crippen molar-refractivity contribution in [1.29, 1.82) is 0 Å². The summed E-state index contributed by atoms with van der Waals surface area (Å²) in [5.74, 6) is 0.480. The number of nitrogens with zero attached hydrogens (tertiary/aromatic N) is 1. The van der Waals surface area contributed by atoms with Crippen LogP contribution in [0.3, 0.4) is 0 Å². The molecule has 0 unspecified atom stereocenters. The van der Waals surface area contributed by atoms with E-state index in [4.69, 9.17) is 14.2 Å². The maximum Gasteiger partial charge on any atom is 0.274 e. The monoisotopic (exact) mass is 417 g/mol. The normalized spacial score (nSPS) is 30.1. The van der Waals surface area contributed by atoms with Gasteiger partial charge in [0.1, 0.15) is 24.1 Å². The van der Waals surface area contributed by atoms with Crippen molar-refractivity contribution in [2.45, 2.75) is 30.7 Å². The van der Waals surface area contributed by atoms with Crippen LogP contribution in [0.4, 0.5) is 0 Å². The fourth-order valence-corrected chi connectivity index (χ4v) is 3.39. The Balaban J connectivity index is 1.72. The summed E-state index contributed by atoms with van der Waals surface area (Å²) in [6.07, 6.45) is -4.07. The first-order valence-corrected chi connectivity index (χ1v) is 8.81. The van der Waals surface area contributed by atoms with Gasteiger partial charge >= 0.3 is 0 Å². The van der Waals surface area contributed by atoms with Crippen molar-refractivity contribution < 1.29 is 29.5 Å². The number of hydrogen-bond acceptors (Lipinski definition) is 8. The van der Waals surface area contributed by atoms with E-state index in [1.54, 1.807) is 30.5 Å². The van der Waals surface area contributed by atoms with Crippen molar-refractivity contribution >= 4 is 27.3 Å². The smallest absolute Gasteiger partial charge is 0.274 e. The summed E-state index contributed by atoms with van der Waals surface area (Å²) < 4.78 is 17.5. The number of benzene rings is 1. The van der Waals surface area contributed by atoms with Crippen molar-refractivity contribution in [2.75, 3.05) is 6.61 Å². The zero-order valence-electron chi connectivity index (χ0n) is 12.4. The first kappa shape index (κ1) is 17.6. The van der Waals surface area contributed by atoms with Gasteiger partial charge in [0.05, 0.1) is 16.6 Å². The lowest BCUT2D eigenvalue weighted by atomic mass is 9.99. The van der Waals surface area contributed by atoms with Crippen LogP contribution in [-0.4, -0.2) is 57.6 Å². The molecular formula is C15H16BrNO6S. The van der Waals surface area contributed by atoms with E-state index in [-0.39, 0.29) is 0 Å². The van der Waals surface area contributed by atoms with Crippen LogP contribution in [0, 0.1) is 0 Å². The van der Waals surface area contributed by atoms with E-state index in [1.807, 2.05) is 6.07 Å². The molecule has 1 aromatic carbocycles. The SMILES string of the molecule is OC[C@H]1O[C@@H](Oc2ccccc2)[C@H](O)[C@@H](O)[C@@H]1Oc1ncc(Br)s1. The molecule has 0 saturated carbocycles. The minimum Gasteiger partial charge on any atom is -0.462 e. The van der Waals surface area contributed by atoms with Crippen LogP contribution >= 0.6 is 27.3 Å². The Morgan fingerprint density at radius 3 is 2.54 bits per heavy atom. The van der Waals surface area contributed by atoms with Crippen LogP contribution in [0.25, 0.3) is 0 Å². The summed E-state index contributed by atoms with van der Waals surface area (Å²) in [6.45, 7) is -0.407. The van der Waals surface area contributed by atoms with Crippen molar-refractivity contribution in [1.82, 2.24) is 4.98 Å². The van der Waals surface area contributed by atoms with E-state index >= 15 is 0 Å². The zero-order chi connectivity index (χ0) is 17.1. The van der Waals surface area contributed by atoms with Crippen molar-refractivity contribution in [3.63, 3.8) is 0 Å². The van der Waals surface area contributed by atoms with E-state index in [9.17, 15) is 15.3 Å². The van der Waals surface area contributed by atoms with Gasteiger partial charge in [-0.2, -0.15) is 0 Å². The lowest BCUT2D eigenvalue weighted by molar-refractivity contribution is -0.272. The molecule has 1 aliphatic heterocycles. The number of aromatic nitrogens is 1. The number of rotatable bonds is 5. The van der Waals surface area contributed by atoms with E-state index in [0.717, 1.165) is 3.79 Å². The summed E-state index contributed by atoms with van der Waals surface area (Å²) in [6, 6.07) is 8.78. The molecule has 9 heteroatoms. The zero-order valence-corrected chi connectivity index (χ0v) is 14.8. The first-order chi connectivity index (χ1) is 11.6. The molecule has 0 radical (unpaired) electrons. The molecule has 1 aromatic heterocycles. The average Bonchev–Trinajstić information content (AvgIpc) is 3.00. The lowest BCUT2D eigenvalue weighted by Crippen LogP contribution is -2.62. The number of para-hydroxylation sites is 1. The maximum absolute atomic E-state index is 10.4. The quantitative estimate of drug-likeness (QED) is 0.670. The van der Waals surface area contributed by atoms with Gasteiger partial charge in [-0.3, -0.25) is 0 Å². The molecule has 24 heavy (non-hydrogen) atoms. The van der Waals surface area contributed by atoms with E-state index in [1.165, 1.54) is 11.3 Å². The number of thiazole rings is 1. The minimum absolute atomic E-state index is 0.294. The summed E-state index contributed by atoms with van der Waals surface area (Å²) >= 11 is 4.49. The number of aliphatic hydroxyl groups is 3. The molecule has 0 aliphatic carbocycles. The minimum atomic E-state index is -1.35. The van der Waals surface area contributed by atoms with Gasteiger partial charge in [0.25, 0.3) is 5.19 Å². The molecule has 7 nitrogen and oxygen atoms in total. The fraction of sp³-hybridized carbons (Fsp3) is 0.400. The highest BCUT2D eigenvalue weighted by Crippen LogP contribution is 2.31. The number of hydrogen-bond donors (Lipinski definition) is 3. The second-order valence-electron chi connectivity index (χ2n) is 5.15.